The minimum atomic E-state index is -0.339. The first-order valence-electron chi connectivity index (χ1n) is 8.29. The molecule has 1 atom stereocenters. The van der Waals surface area contributed by atoms with Gasteiger partial charge in [-0.1, -0.05) is 6.42 Å². The lowest BCUT2D eigenvalue weighted by molar-refractivity contribution is 0.0848. The molecule has 23 heavy (non-hydrogen) atoms. The van der Waals surface area contributed by atoms with Crippen molar-refractivity contribution < 1.29 is 9.90 Å². The van der Waals surface area contributed by atoms with Gasteiger partial charge in [-0.25, -0.2) is 0 Å². The summed E-state index contributed by atoms with van der Waals surface area (Å²) in [5.41, 5.74) is 2.32. The molecule has 1 aliphatic rings. The maximum atomic E-state index is 12.3. The van der Waals surface area contributed by atoms with Crippen LogP contribution >= 0.6 is 0 Å². The highest BCUT2D eigenvalue weighted by Gasteiger charge is 2.22. The average Bonchev–Trinajstić information content (AvgIpc) is 2.53. The van der Waals surface area contributed by atoms with Crippen molar-refractivity contribution in [3.63, 3.8) is 0 Å². The van der Waals surface area contributed by atoms with Crippen LogP contribution in [0.25, 0.3) is 0 Å². The van der Waals surface area contributed by atoms with Crippen molar-refractivity contribution in [3.05, 3.63) is 32.7 Å². The standard InChI is InChI=1S/C17H27N3O3/c1-11-12(2)15(17(23)19-13(11)3)16(22)18-7-9-20-8-5-4-6-14(20)10-21/h14,21H,4-10H2,1-3H3,(H,18,22)(H,19,23)/t14-/m0/s1. The first-order chi connectivity index (χ1) is 11.0. The summed E-state index contributed by atoms with van der Waals surface area (Å²) in [6.07, 6.45) is 3.27. The van der Waals surface area contributed by atoms with Gasteiger partial charge in [0.2, 0.25) is 0 Å². The summed E-state index contributed by atoms with van der Waals surface area (Å²) in [6.45, 7) is 7.81. The molecule has 1 aliphatic heterocycles. The SMILES string of the molecule is Cc1[nH]c(=O)c(C(=O)NCCN2CCCC[C@H]2CO)c(C)c1C. The Kier molecular flexibility index (Phi) is 5.96. The molecule has 6 heteroatoms. The Balaban J connectivity index is 1.98. The molecule has 0 unspecified atom stereocenters. The van der Waals surface area contributed by atoms with Crippen molar-refractivity contribution in [2.45, 2.75) is 46.1 Å². The van der Waals surface area contributed by atoms with E-state index in [1.54, 1.807) is 6.92 Å². The van der Waals surface area contributed by atoms with Gasteiger partial charge in [-0.3, -0.25) is 14.5 Å². The zero-order chi connectivity index (χ0) is 17.0. The number of nitrogens with one attached hydrogen (secondary N) is 2. The molecule has 128 valence electrons. The van der Waals surface area contributed by atoms with E-state index < -0.39 is 0 Å². The average molecular weight is 321 g/mol. The van der Waals surface area contributed by atoms with Gasteiger partial charge in [0, 0.05) is 24.8 Å². The van der Waals surface area contributed by atoms with Crippen LogP contribution in [0.2, 0.25) is 0 Å². The Labute approximate surface area is 136 Å². The molecule has 2 heterocycles. The number of H-pyrrole nitrogens is 1. The minimum absolute atomic E-state index is 0.157. The third-order valence-corrected chi connectivity index (χ3v) is 4.90. The van der Waals surface area contributed by atoms with Gasteiger partial charge >= 0.3 is 0 Å². The molecule has 0 saturated carbocycles. The largest absolute Gasteiger partial charge is 0.395 e. The predicted octanol–water partition coefficient (Wildman–Crippen LogP) is 0.877. The van der Waals surface area contributed by atoms with Crippen molar-refractivity contribution >= 4 is 5.91 Å². The Morgan fingerprint density at radius 3 is 2.74 bits per heavy atom. The number of piperidine rings is 1. The molecule has 0 radical (unpaired) electrons. The predicted molar refractivity (Wildman–Crippen MR) is 89.9 cm³/mol. The van der Waals surface area contributed by atoms with Gasteiger partial charge in [-0.05, 0) is 51.3 Å². The van der Waals surface area contributed by atoms with E-state index in [9.17, 15) is 14.7 Å². The lowest BCUT2D eigenvalue weighted by atomic mass is 10.0. The topological polar surface area (TPSA) is 85.4 Å². The summed E-state index contributed by atoms with van der Waals surface area (Å²) in [7, 11) is 0. The van der Waals surface area contributed by atoms with Crippen LogP contribution in [0, 0.1) is 20.8 Å². The highest BCUT2D eigenvalue weighted by molar-refractivity contribution is 5.95. The zero-order valence-electron chi connectivity index (χ0n) is 14.2. The van der Waals surface area contributed by atoms with Crippen molar-refractivity contribution in [2.75, 3.05) is 26.2 Å². The summed E-state index contributed by atoms with van der Waals surface area (Å²) in [6, 6.07) is 0.187. The highest BCUT2D eigenvalue weighted by atomic mass is 16.3. The van der Waals surface area contributed by atoms with Gasteiger partial charge in [0.05, 0.1) is 6.61 Å². The number of carbonyl (C=O) groups excluding carboxylic acids is 1. The van der Waals surface area contributed by atoms with Crippen LogP contribution in [-0.2, 0) is 0 Å². The number of aromatic nitrogens is 1. The molecule has 1 fully saturated rings. The van der Waals surface area contributed by atoms with Gasteiger partial charge in [0.25, 0.3) is 11.5 Å². The minimum Gasteiger partial charge on any atom is -0.395 e. The number of hydrogen-bond acceptors (Lipinski definition) is 4. The van der Waals surface area contributed by atoms with Crippen LogP contribution in [0.4, 0.5) is 0 Å². The van der Waals surface area contributed by atoms with E-state index in [-0.39, 0.29) is 29.7 Å². The Bertz CT molecular complexity index is 624. The summed E-state index contributed by atoms with van der Waals surface area (Å²) in [5, 5.41) is 12.2. The van der Waals surface area contributed by atoms with E-state index in [1.165, 1.54) is 0 Å². The molecule has 0 bridgehead atoms. The molecule has 1 amide bonds. The lowest BCUT2D eigenvalue weighted by Crippen LogP contribution is -2.46. The van der Waals surface area contributed by atoms with Crippen LogP contribution < -0.4 is 10.9 Å². The van der Waals surface area contributed by atoms with Crippen molar-refractivity contribution in [1.29, 1.82) is 0 Å². The molecular weight excluding hydrogens is 294 g/mol. The molecule has 1 saturated heterocycles. The maximum absolute atomic E-state index is 12.3. The van der Waals surface area contributed by atoms with Crippen LogP contribution in [-0.4, -0.2) is 53.2 Å². The monoisotopic (exact) mass is 321 g/mol. The summed E-state index contributed by atoms with van der Waals surface area (Å²) in [4.78, 5) is 29.3. The third-order valence-electron chi connectivity index (χ3n) is 4.90. The molecule has 2 rings (SSSR count). The Morgan fingerprint density at radius 1 is 1.30 bits per heavy atom. The van der Waals surface area contributed by atoms with Gasteiger partial charge < -0.3 is 15.4 Å². The van der Waals surface area contributed by atoms with Crippen LogP contribution in [0.1, 0.15) is 46.4 Å². The molecule has 1 aromatic rings. The van der Waals surface area contributed by atoms with E-state index in [2.05, 4.69) is 15.2 Å². The molecule has 0 spiro atoms. The molecule has 6 nitrogen and oxygen atoms in total. The second-order valence-electron chi connectivity index (χ2n) is 6.33. The van der Waals surface area contributed by atoms with Crippen LogP contribution in [0.15, 0.2) is 4.79 Å². The first-order valence-corrected chi connectivity index (χ1v) is 8.29. The van der Waals surface area contributed by atoms with E-state index in [4.69, 9.17) is 0 Å². The highest BCUT2D eigenvalue weighted by Crippen LogP contribution is 2.16. The first kappa shape index (κ1) is 17.7. The molecular formula is C17H27N3O3. The molecule has 0 aliphatic carbocycles. The van der Waals surface area contributed by atoms with Crippen molar-refractivity contribution in [3.8, 4) is 0 Å². The number of nitrogens with zero attached hydrogens (tertiary/aromatic N) is 1. The zero-order valence-corrected chi connectivity index (χ0v) is 14.2. The van der Waals surface area contributed by atoms with Gasteiger partial charge in [0.15, 0.2) is 0 Å². The summed E-state index contributed by atoms with van der Waals surface area (Å²) < 4.78 is 0. The lowest BCUT2D eigenvalue weighted by Gasteiger charge is -2.34. The molecule has 1 aromatic heterocycles. The second-order valence-corrected chi connectivity index (χ2v) is 6.33. The number of aryl methyl sites for hydroxylation is 1. The normalized spacial score (nSPS) is 18.9. The number of hydrogen-bond donors (Lipinski definition) is 3. The number of pyridine rings is 1. The van der Waals surface area contributed by atoms with Gasteiger partial charge in [0.1, 0.15) is 5.56 Å². The van der Waals surface area contributed by atoms with E-state index in [0.29, 0.717) is 13.1 Å². The third kappa shape index (κ3) is 4.00. The number of rotatable bonds is 5. The quantitative estimate of drug-likeness (QED) is 0.751. The number of aromatic amines is 1. The number of aliphatic hydroxyl groups is 1. The molecule has 0 aromatic carbocycles. The van der Waals surface area contributed by atoms with Gasteiger partial charge in [-0.2, -0.15) is 0 Å². The van der Waals surface area contributed by atoms with E-state index in [1.807, 2.05) is 13.8 Å². The van der Waals surface area contributed by atoms with Crippen molar-refractivity contribution in [1.82, 2.24) is 15.2 Å². The number of amides is 1. The van der Waals surface area contributed by atoms with Gasteiger partial charge in [-0.15, -0.1) is 0 Å². The fourth-order valence-corrected chi connectivity index (χ4v) is 3.20. The number of likely N-dealkylation sites (tertiary alicyclic amines) is 1. The maximum Gasteiger partial charge on any atom is 0.261 e. The Hall–Kier alpha value is -1.66. The van der Waals surface area contributed by atoms with E-state index >= 15 is 0 Å². The van der Waals surface area contributed by atoms with E-state index in [0.717, 1.165) is 42.6 Å². The fraction of sp³-hybridized carbons (Fsp3) is 0.647. The number of carbonyl (C=O) groups is 1. The molecule has 3 N–H and O–H groups in total. The van der Waals surface area contributed by atoms with Crippen LogP contribution in [0.3, 0.4) is 0 Å². The summed E-state index contributed by atoms with van der Waals surface area (Å²) >= 11 is 0. The summed E-state index contributed by atoms with van der Waals surface area (Å²) in [5.74, 6) is -0.329. The van der Waals surface area contributed by atoms with Crippen molar-refractivity contribution in [2.24, 2.45) is 0 Å². The Morgan fingerprint density at radius 2 is 2.04 bits per heavy atom. The number of aliphatic hydroxyl groups excluding tert-OH is 1. The second kappa shape index (κ2) is 7.75. The smallest absolute Gasteiger partial charge is 0.261 e. The fourth-order valence-electron chi connectivity index (χ4n) is 3.20. The van der Waals surface area contributed by atoms with Crippen LogP contribution in [0.5, 0.6) is 0 Å².